The van der Waals surface area contributed by atoms with Crippen LogP contribution in [0.4, 0.5) is 0 Å². The first-order valence-corrected chi connectivity index (χ1v) is 6.15. The lowest BCUT2D eigenvalue weighted by Crippen LogP contribution is -2.37. The van der Waals surface area contributed by atoms with Crippen molar-refractivity contribution in [1.29, 1.82) is 0 Å². The minimum Gasteiger partial charge on any atom is -0.496 e. The molecule has 1 atom stereocenters. The Morgan fingerprint density at radius 1 is 1.39 bits per heavy atom. The van der Waals surface area contributed by atoms with Crippen molar-refractivity contribution >= 4 is 5.91 Å². The summed E-state index contributed by atoms with van der Waals surface area (Å²) in [6.07, 6.45) is 0. The molecule has 0 aliphatic carbocycles. The predicted molar refractivity (Wildman–Crippen MR) is 72.6 cm³/mol. The Kier molecular flexibility index (Phi) is 5.16. The quantitative estimate of drug-likeness (QED) is 0.837. The molecule has 1 aromatic carbocycles. The summed E-state index contributed by atoms with van der Waals surface area (Å²) in [6, 6.07) is 5.47. The fourth-order valence-corrected chi connectivity index (χ4v) is 1.70. The van der Waals surface area contributed by atoms with E-state index in [1.165, 1.54) is 0 Å². The molecule has 4 nitrogen and oxygen atoms in total. The predicted octanol–water partition coefficient (Wildman–Crippen LogP) is 1.78. The Hall–Kier alpha value is -1.55. The van der Waals surface area contributed by atoms with Crippen molar-refractivity contribution in [2.45, 2.75) is 39.3 Å². The fourth-order valence-electron chi connectivity index (χ4n) is 1.70. The summed E-state index contributed by atoms with van der Waals surface area (Å²) < 4.78 is 5.32. The minimum atomic E-state index is -0.479. The summed E-state index contributed by atoms with van der Waals surface area (Å²) in [5, 5.41) is 2.80. The van der Waals surface area contributed by atoms with Gasteiger partial charge in [-0.3, -0.25) is 4.79 Å². The SMILES string of the molecule is COc1ccc(CNC(=O)C(C)N)cc1C(C)C. The van der Waals surface area contributed by atoms with Crippen molar-refractivity contribution in [3.8, 4) is 5.75 Å². The summed E-state index contributed by atoms with van der Waals surface area (Å²) in [7, 11) is 1.67. The molecule has 0 aliphatic rings. The maximum Gasteiger partial charge on any atom is 0.236 e. The molecule has 0 bridgehead atoms. The summed E-state index contributed by atoms with van der Waals surface area (Å²) in [6.45, 7) is 6.39. The zero-order valence-electron chi connectivity index (χ0n) is 11.5. The number of benzene rings is 1. The van der Waals surface area contributed by atoms with Gasteiger partial charge in [0.25, 0.3) is 0 Å². The molecule has 0 heterocycles. The molecular weight excluding hydrogens is 228 g/mol. The highest BCUT2D eigenvalue weighted by atomic mass is 16.5. The number of methoxy groups -OCH3 is 1. The Morgan fingerprint density at radius 2 is 2.06 bits per heavy atom. The van der Waals surface area contributed by atoms with Crippen molar-refractivity contribution in [2.75, 3.05) is 7.11 Å². The van der Waals surface area contributed by atoms with Crippen LogP contribution in [-0.4, -0.2) is 19.1 Å². The van der Waals surface area contributed by atoms with Crippen LogP contribution in [-0.2, 0) is 11.3 Å². The standard InChI is InChI=1S/C14H22N2O2/c1-9(2)12-7-11(5-6-13(12)18-4)8-16-14(17)10(3)15/h5-7,9-10H,8,15H2,1-4H3,(H,16,17). The van der Waals surface area contributed by atoms with Crippen LogP contribution in [0.25, 0.3) is 0 Å². The fraction of sp³-hybridized carbons (Fsp3) is 0.500. The Labute approximate surface area is 109 Å². The Morgan fingerprint density at radius 3 is 2.56 bits per heavy atom. The number of ether oxygens (including phenoxy) is 1. The van der Waals surface area contributed by atoms with Crippen LogP contribution >= 0.6 is 0 Å². The molecule has 0 fully saturated rings. The second-order valence-electron chi connectivity index (χ2n) is 4.74. The normalized spacial score (nSPS) is 12.3. The number of amides is 1. The van der Waals surface area contributed by atoms with Crippen molar-refractivity contribution in [3.05, 3.63) is 29.3 Å². The first kappa shape index (κ1) is 14.5. The zero-order chi connectivity index (χ0) is 13.7. The number of nitrogens with two attached hydrogens (primary N) is 1. The van der Waals surface area contributed by atoms with Crippen LogP contribution in [0.2, 0.25) is 0 Å². The van der Waals surface area contributed by atoms with E-state index in [2.05, 4.69) is 25.2 Å². The molecule has 0 aliphatic heterocycles. The van der Waals surface area contributed by atoms with Crippen LogP contribution < -0.4 is 15.8 Å². The summed E-state index contributed by atoms with van der Waals surface area (Å²) >= 11 is 0. The number of carbonyl (C=O) groups is 1. The monoisotopic (exact) mass is 250 g/mol. The van der Waals surface area contributed by atoms with Gasteiger partial charge in [0.15, 0.2) is 0 Å². The second kappa shape index (κ2) is 6.40. The molecule has 18 heavy (non-hydrogen) atoms. The molecule has 100 valence electrons. The molecule has 0 aromatic heterocycles. The number of hydrogen-bond acceptors (Lipinski definition) is 3. The van der Waals surface area contributed by atoms with Gasteiger partial charge in [-0.05, 0) is 30.0 Å². The van der Waals surface area contributed by atoms with Crippen molar-refractivity contribution in [1.82, 2.24) is 5.32 Å². The highest BCUT2D eigenvalue weighted by Crippen LogP contribution is 2.27. The Bertz CT molecular complexity index is 414. The van der Waals surface area contributed by atoms with Gasteiger partial charge in [0.1, 0.15) is 5.75 Å². The van der Waals surface area contributed by atoms with Crippen LogP contribution in [0, 0.1) is 0 Å². The topological polar surface area (TPSA) is 64.3 Å². The molecule has 4 heteroatoms. The van der Waals surface area contributed by atoms with Crippen molar-refractivity contribution in [2.24, 2.45) is 5.73 Å². The molecule has 0 radical (unpaired) electrons. The van der Waals surface area contributed by atoms with Gasteiger partial charge in [-0.1, -0.05) is 26.0 Å². The van der Waals surface area contributed by atoms with Gasteiger partial charge in [0, 0.05) is 6.54 Å². The summed E-state index contributed by atoms with van der Waals surface area (Å²) in [5.41, 5.74) is 7.68. The van der Waals surface area contributed by atoms with Gasteiger partial charge in [-0.2, -0.15) is 0 Å². The number of carbonyl (C=O) groups excluding carboxylic acids is 1. The lowest BCUT2D eigenvalue weighted by Gasteiger charge is -2.14. The van der Waals surface area contributed by atoms with Crippen LogP contribution in [0.15, 0.2) is 18.2 Å². The summed E-state index contributed by atoms with van der Waals surface area (Å²) in [5.74, 6) is 1.12. The number of nitrogens with one attached hydrogen (secondary N) is 1. The average Bonchev–Trinajstić information content (AvgIpc) is 2.35. The first-order valence-electron chi connectivity index (χ1n) is 6.15. The van der Waals surface area contributed by atoms with E-state index >= 15 is 0 Å². The lowest BCUT2D eigenvalue weighted by atomic mass is 9.99. The van der Waals surface area contributed by atoms with E-state index in [1.807, 2.05) is 12.1 Å². The third kappa shape index (κ3) is 3.74. The maximum absolute atomic E-state index is 11.4. The smallest absolute Gasteiger partial charge is 0.236 e. The molecule has 0 saturated heterocycles. The van der Waals surface area contributed by atoms with Gasteiger partial charge >= 0.3 is 0 Å². The molecule has 1 unspecified atom stereocenters. The number of rotatable bonds is 5. The van der Waals surface area contributed by atoms with E-state index in [4.69, 9.17) is 10.5 Å². The molecule has 1 rings (SSSR count). The Balaban J connectivity index is 2.79. The van der Waals surface area contributed by atoms with E-state index in [9.17, 15) is 4.79 Å². The van der Waals surface area contributed by atoms with Gasteiger partial charge in [-0.15, -0.1) is 0 Å². The van der Waals surface area contributed by atoms with Gasteiger partial charge in [0.2, 0.25) is 5.91 Å². The highest BCUT2D eigenvalue weighted by molar-refractivity contribution is 5.80. The van der Waals surface area contributed by atoms with E-state index in [1.54, 1.807) is 14.0 Å². The molecule has 0 spiro atoms. The molecule has 1 aromatic rings. The molecule has 1 amide bonds. The van der Waals surface area contributed by atoms with Crippen molar-refractivity contribution < 1.29 is 9.53 Å². The summed E-state index contributed by atoms with van der Waals surface area (Å²) in [4.78, 5) is 11.4. The van der Waals surface area contributed by atoms with Gasteiger partial charge < -0.3 is 15.8 Å². The maximum atomic E-state index is 11.4. The van der Waals surface area contributed by atoms with Crippen LogP contribution in [0.1, 0.15) is 37.8 Å². The van der Waals surface area contributed by atoms with E-state index in [0.29, 0.717) is 12.5 Å². The largest absolute Gasteiger partial charge is 0.496 e. The third-order valence-corrected chi connectivity index (χ3v) is 2.80. The first-order chi connectivity index (χ1) is 8.45. The average molecular weight is 250 g/mol. The highest BCUT2D eigenvalue weighted by Gasteiger charge is 2.10. The molecular formula is C14H22N2O2. The molecule has 3 N–H and O–H groups in total. The van der Waals surface area contributed by atoms with E-state index in [0.717, 1.165) is 16.9 Å². The van der Waals surface area contributed by atoms with Gasteiger partial charge in [-0.25, -0.2) is 0 Å². The minimum absolute atomic E-state index is 0.142. The third-order valence-electron chi connectivity index (χ3n) is 2.80. The van der Waals surface area contributed by atoms with Crippen LogP contribution in [0.3, 0.4) is 0 Å². The van der Waals surface area contributed by atoms with Crippen molar-refractivity contribution in [3.63, 3.8) is 0 Å². The lowest BCUT2D eigenvalue weighted by molar-refractivity contribution is -0.122. The van der Waals surface area contributed by atoms with E-state index in [-0.39, 0.29) is 5.91 Å². The van der Waals surface area contributed by atoms with Gasteiger partial charge in [0.05, 0.1) is 13.2 Å². The van der Waals surface area contributed by atoms with E-state index < -0.39 is 6.04 Å². The van der Waals surface area contributed by atoms with Crippen LogP contribution in [0.5, 0.6) is 5.75 Å². The second-order valence-corrected chi connectivity index (χ2v) is 4.74. The zero-order valence-corrected chi connectivity index (χ0v) is 11.5. The number of hydrogen-bond donors (Lipinski definition) is 2. The molecule has 0 saturated carbocycles.